The van der Waals surface area contributed by atoms with E-state index in [0.717, 1.165) is 5.56 Å². The van der Waals surface area contributed by atoms with Crippen LogP contribution in [-0.2, 0) is 30.9 Å². The van der Waals surface area contributed by atoms with Crippen LogP contribution in [0.3, 0.4) is 0 Å². The number of amides is 3. The predicted molar refractivity (Wildman–Crippen MR) is 149 cm³/mol. The minimum atomic E-state index is -5.00. The first-order valence-electron chi connectivity index (χ1n) is 14.3. The number of halogens is 2. The molecular formula is C28H41F2N3O8S. The molecule has 1 aromatic carbocycles. The molecule has 3 unspecified atom stereocenters. The van der Waals surface area contributed by atoms with E-state index in [9.17, 15) is 41.2 Å². The lowest BCUT2D eigenvalue weighted by Gasteiger charge is -2.34. The summed E-state index contributed by atoms with van der Waals surface area (Å²) in [6.45, 7) is 3.93. The van der Waals surface area contributed by atoms with E-state index < -0.39 is 57.6 Å². The fourth-order valence-corrected chi connectivity index (χ4v) is 6.11. The molecule has 0 bridgehead atoms. The van der Waals surface area contributed by atoms with Crippen LogP contribution in [0.25, 0.3) is 0 Å². The maximum Gasteiger partial charge on any atom is 0.408 e. The average molecular weight is 618 g/mol. The molecule has 1 aliphatic heterocycles. The molecule has 1 saturated carbocycles. The number of aliphatic hydroxyl groups is 1. The minimum absolute atomic E-state index is 0.110. The van der Waals surface area contributed by atoms with Crippen LogP contribution < -0.4 is 16.0 Å². The lowest BCUT2D eigenvalue weighted by molar-refractivity contribution is -0.126. The molecule has 1 aliphatic carbocycles. The predicted octanol–water partition coefficient (Wildman–Crippen LogP) is 2.78. The summed E-state index contributed by atoms with van der Waals surface area (Å²) in [6.07, 6.45) is -1.50. The number of carbonyl (C=O) groups is 3. The SMILES string of the molecule is CC(C)C[C@H](NC(=O)OC(Cc1ccccc1)C1CCC(F)(F)CC1)C(=O)N[C@@H](CC1CCNC1=O)C(O)S(=O)(=O)O. The van der Waals surface area contributed by atoms with E-state index in [2.05, 4.69) is 16.0 Å². The summed E-state index contributed by atoms with van der Waals surface area (Å²) in [5, 5.41) is 17.8. The van der Waals surface area contributed by atoms with Crippen molar-refractivity contribution in [2.45, 2.75) is 94.8 Å². The van der Waals surface area contributed by atoms with Crippen molar-refractivity contribution in [2.75, 3.05) is 6.54 Å². The van der Waals surface area contributed by atoms with Crippen molar-refractivity contribution in [3.8, 4) is 0 Å². The van der Waals surface area contributed by atoms with E-state index in [1.54, 1.807) is 13.8 Å². The van der Waals surface area contributed by atoms with Gasteiger partial charge in [0, 0.05) is 31.7 Å². The number of alkyl halides is 2. The quantitative estimate of drug-likeness (QED) is 0.210. The zero-order chi connectivity index (χ0) is 31.1. The molecule has 14 heteroatoms. The highest BCUT2D eigenvalue weighted by Gasteiger charge is 2.40. The van der Waals surface area contributed by atoms with Crippen molar-refractivity contribution >= 4 is 28.0 Å². The highest BCUT2D eigenvalue weighted by molar-refractivity contribution is 7.86. The standard InChI is InChI=1S/C28H41F2N3O8S/c1-17(2)14-21(25(35)32-22(26(36)42(38,39)40)16-20-10-13-31-24(20)34)33-27(37)41-23(15-18-6-4-3-5-7-18)19-8-11-28(29,30)12-9-19/h3-7,17,19-23,26,36H,8-16H2,1-2H3,(H,31,34)(H,32,35)(H,33,37)(H,38,39,40)/t20?,21-,22-,23?,26?/m0/s1. The third kappa shape index (κ3) is 10.2. The maximum atomic E-state index is 13.8. The molecule has 0 spiro atoms. The van der Waals surface area contributed by atoms with Gasteiger partial charge in [0.25, 0.3) is 10.1 Å². The summed E-state index contributed by atoms with van der Waals surface area (Å²) in [6, 6.07) is 6.38. The third-order valence-corrected chi connectivity index (χ3v) is 8.76. The Kier molecular flexibility index (Phi) is 11.7. The highest BCUT2D eigenvalue weighted by Crippen LogP contribution is 2.39. The van der Waals surface area contributed by atoms with Gasteiger partial charge in [-0.1, -0.05) is 44.2 Å². The van der Waals surface area contributed by atoms with E-state index in [1.165, 1.54) is 0 Å². The molecule has 5 atom stereocenters. The molecule has 0 aromatic heterocycles. The Morgan fingerprint density at radius 3 is 2.31 bits per heavy atom. The summed E-state index contributed by atoms with van der Waals surface area (Å²) in [4.78, 5) is 38.5. The average Bonchev–Trinajstić information content (AvgIpc) is 3.30. The van der Waals surface area contributed by atoms with Crippen LogP contribution in [0.5, 0.6) is 0 Å². The van der Waals surface area contributed by atoms with Gasteiger partial charge in [-0.2, -0.15) is 8.42 Å². The highest BCUT2D eigenvalue weighted by atomic mass is 32.2. The Morgan fingerprint density at radius 1 is 1.12 bits per heavy atom. The van der Waals surface area contributed by atoms with Gasteiger partial charge in [0.15, 0.2) is 0 Å². The van der Waals surface area contributed by atoms with E-state index in [-0.39, 0.29) is 62.7 Å². The van der Waals surface area contributed by atoms with E-state index in [0.29, 0.717) is 13.0 Å². The van der Waals surface area contributed by atoms with Gasteiger partial charge >= 0.3 is 6.09 Å². The second-order valence-electron chi connectivity index (χ2n) is 11.7. The van der Waals surface area contributed by atoms with Gasteiger partial charge in [-0.15, -0.1) is 0 Å². The lowest BCUT2D eigenvalue weighted by Crippen LogP contribution is -2.55. The number of hydrogen-bond donors (Lipinski definition) is 5. The molecule has 1 aromatic rings. The Labute approximate surface area is 244 Å². The molecule has 3 rings (SSSR count). The van der Waals surface area contributed by atoms with Crippen molar-refractivity contribution in [1.29, 1.82) is 0 Å². The van der Waals surface area contributed by atoms with Gasteiger partial charge in [-0.25, -0.2) is 13.6 Å². The number of nitrogens with one attached hydrogen (secondary N) is 3. The zero-order valence-corrected chi connectivity index (χ0v) is 24.6. The monoisotopic (exact) mass is 617 g/mol. The van der Waals surface area contributed by atoms with Crippen LogP contribution in [0.1, 0.15) is 64.4 Å². The number of rotatable bonds is 13. The number of hydrogen-bond acceptors (Lipinski definition) is 7. The van der Waals surface area contributed by atoms with Crippen LogP contribution in [0.4, 0.5) is 13.6 Å². The van der Waals surface area contributed by atoms with Gasteiger partial charge in [-0.05, 0) is 49.5 Å². The fraction of sp³-hybridized carbons (Fsp3) is 0.679. The molecule has 236 valence electrons. The Hall–Kier alpha value is -2.84. The maximum absolute atomic E-state index is 13.8. The normalized spacial score (nSPS) is 22.1. The van der Waals surface area contributed by atoms with Crippen molar-refractivity contribution in [2.24, 2.45) is 17.8 Å². The van der Waals surface area contributed by atoms with Crippen molar-refractivity contribution in [3.63, 3.8) is 0 Å². The summed E-state index contributed by atoms with van der Waals surface area (Å²) in [5.74, 6) is -5.12. The van der Waals surface area contributed by atoms with Crippen LogP contribution >= 0.6 is 0 Å². The van der Waals surface area contributed by atoms with E-state index in [1.807, 2.05) is 30.3 Å². The second kappa shape index (κ2) is 14.6. The molecule has 1 saturated heterocycles. The number of ether oxygens (including phenoxy) is 1. The topological polar surface area (TPSA) is 171 Å². The van der Waals surface area contributed by atoms with E-state index >= 15 is 0 Å². The molecule has 2 aliphatic rings. The van der Waals surface area contributed by atoms with Crippen molar-refractivity contribution < 1.29 is 46.0 Å². The molecule has 2 fully saturated rings. The summed E-state index contributed by atoms with van der Waals surface area (Å²) in [7, 11) is -5.00. The van der Waals surface area contributed by atoms with E-state index in [4.69, 9.17) is 4.74 Å². The molecule has 5 N–H and O–H groups in total. The van der Waals surface area contributed by atoms with Crippen LogP contribution in [0, 0.1) is 17.8 Å². The third-order valence-electron chi connectivity index (χ3n) is 7.82. The van der Waals surface area contributed by atoms with Crippen LogP contribution in [0.15, 0.2) is 30.3 Å². The summed E-state index contributed by atoms with van der Waals surface area (Å²) < 4.78 is 66.3. The molecule has 0 radical (unpaired) electrons. The van der Waals surface area contributed by atoms with Gasteiger partial charge in [0.05, 0.1) is 6.04 Å². The largest absolute Gasteiger partial charge is 0.446 e. The summed E-state index contributed by atoms with van der Waals surface area (Å²) in [5.41, 5.74) is -1.55. The second-order valence-corrected chi connectivity index (χ2v) is 13.2. The fourth-order valence-electron chi connectivity index (χ4n) is 5.52. The minimum Gasteiger partial charge on any atom is -0.446 e. The number of carbonyl (C=O) groups excluding carboxylic acids is 3. The van der Waals surface area contributed by atoms with Crippen LogP contribution in [0.2, 0.25) is 0 Å². The number of aliphatic hydroxyl groups excluding tert-OH is 1. The van der Waals surface area contributed by atoms with Crippen LogP contribution in [-0.4, -0.2) is 72.1 Å². The van der Waals surface area contributed by atoms with Crippen molar-refractivity contribution in [1.82, 2.24) is 16.0 Å². The first-order valence-corrected chi connectivity index (χ1v) is 15.8. The van der Waals surface area contributed by atoms with Gasteiger partial charge in [0.1, 0.15) is 12.1 Å². The van der Waals surface area contributed by atoms with Crippen molar-refractivity contribution in [3.05, 3.63) is 35.9 Å². The number of alkyl carbamates (subject to hydrolysis) is 1. The number of benzene rings is 1. The van der Waals surface area contributed by atoms with Gasteiger partial charge < -0.3 is 25.8 Å². The first-order chi connectivity index (χ1) is 19.6. The molecular weight excluding hydrogens is 576 g/mol. The van der Waals surface area contributed by atoms with Gasteiger partial charge in [0.2, 0.25) is 23.2 Å². The Balaban J connectivity index is 1.74. The molecule has 1 heterocycles. The molecule has 42 heavy (non-hydrogen) atoms. The van der Waals surface area contributed by atoms with Gasteiger partial charge in [-0.3, -0.25) is 14.1 Å². The Morgan fingerprint density at radius 2 is 1.76 bits per heavy atom. The zero-order valence-electron chi connectivity index (χ0n) is 23.8. The molecule has 3 amide bonds. The summed E-state index contributed by atoms with van der Waals surface area (Å²) >= 11 is 0. The smallest absolute Gasteiger partial charge is 0.408 e. The lowest BCUT2D eigenvalue weighted by atomic mass is 9.81. The Bertz CT molecular complexity index is 1170. The first kappa shape index (κ1) is 33.7. The molecule has 11 nitrogen and oxygen atoms in total.